The summed E-state index contributed by atoms with van der Waals surface area (Å²) < 4.78 is 4.93. The van der Waals surface area contributed by atoms with Crippen molar-refractivity contribution in [3.63, 3.8) is 0 Å². The Kier molecular flexibility index (Phi) is 6.22. The van der Waals surface area contributed by atoms with Crippen LogP contribution in [0.5, 0.6) is 0 Å². The van der Waals surface area contributed by atoms with E-state index in [4.69, 9.17) is 14.9 Å². The number of hydrogen-bond donors (Lipinski definition) is 3. The molecule has 0 bridgehead atoms. The highest BCUT2D eigenvalue weighted by atomic mass is 16.5. The Labute approximate surface area is 77.5 Å². The molecule has 0 aromatic rings. The number of hydrogen-bond acceptors (Lipinski definition) is 4. The first-order chi connectivity index (χ1) is 6.07. The molecule has 74 valence electrons. The number of ether oxygens (including phenoxy) is 1. The molecule has 5 nitrogen and oxygen atoms in total. The lowest BCUT2D eigenvalue weighted by Crippen LogP contribution is -2.47. The van der Waals surface area contributed by atoms with E-state index in [2.05, 4.69) is 11.8 Å². The Balaban J connectivity index is 3.80. The van der Waals surface area contributed by atoms with Gasteiger partial charge >= 0.3 is 13.0 Å². The minimum absolute atomic E-state index is 0.00620. The monoisotopic (exact) mass is 187 g/mol. The molecule has 6 heteroatoms. The van der Waals surface area contributed by atoms with Crippen LogP contribution in [0.15, 0.2) is 12.7 Å². The van der Waals surface area contributed by atoms with E-state index >= 15 is 0 Å². The molecule has 0 heterocycles. The molecule has 0 amide bonds. The van der Waals surface area contributed by atoms with Crippen LogP contribution in [0.3, 0.4) is 0 Å². The molecule has 0 fully saturated rings. The van der Waals surface area contributed by atoms with E-state index in [0.29, 0.717) is 6.61 Å². The van der Waals surface area contributed by atoms with Crippen LogP contribution in [-0.2, 0) is 9.53 Å². The number of rotatable bonds is 7. The maximum absolute atomic E-state index is 10.5. The number of aliphatic carboxylic acids is 1. The van der Waals surface area contributed by atoms with Crippen LogP contribution >= 0.6 is 0 Å². The molecule has 0 saturated heterocycles. The second-order valence-electron chi connectivity index (χ2n) is 2.56. The summed E-state index contributed by atoms with van der Waals surface area (Å²) in [5.41, 5.74) is 0. The van der Waals surface area contributed by atoms with Gasteiger partial charge in [-0.15, -0.1) is 6.58 Å². The number of carboxylic acid groups (broad SMARTS) is 1. The third kappa shape index (κ3) is 6.33. The largest absolute Gasteiger partial charge is 0.480 e. The van der Waals surface area contributed by atoms with Crippen molar-refractivity contribution in [2.75, 3.05) is 13.2 Å². The molecule has 0 spiro atoms. The van der Waals surface area contributed by atoms with Gasteiger partial charge in [0.05, 0.1) is 13.2 Å². The van der Waals surface area contributed by atoms with Gasteiger partial charge in [0, 0.05) is 0 Å². The Morgan fingerprint density at radius 3 is 2.85 bits per heavy atom. The van der Waals surface area contributed by atoms with E-state index in [1.807, 2.05) is 0 Å². The molecule has 0 aliphatic rings. The van der Waals surface area contributed by atoms with Gasteiger partial charge in [-0.1, -0.05) is 6.08 Å². The van der Waals surface area contributed by atoms with Crippen molar-refractivity contribution >= 4 is 13.0 Å². The summed E-state index contributed by atoms with van der Waals surface area (Å²) in [5, 5.41) is 20.0. The lowest BCUT2D eigenvalue weighted by molar-refractivity contribution is -0.140. The molecule has 0 aromatic carbocycles. The fraction of sp³-hybridized carbons (Fsp3) is 0.571. The fourth-order valence-electron chi connectivity index (χ4n) is 0.751. The number of nitrogens with one attached hydrogen (secondary N) is 1. The van der Waals surface area contributed by atoms with Gasteiger partial charge in [-0.05, 0) is 6.82 Å². The van der Waals surface area contributed by atoms with Crippen molar-refractivity contribution in [3.8, 4) is 0 Å². The topological polar surface area (TPSA) is 78.8 Å². The van der Waals surface area contributed by atoms with Crippen LogP contribution in [0.25, 0.3) is 0 Å². The van der Waals surface area contributed by atoms with Crippen molar-refractivity contribution in [2.45, 2.75) is 12.9 Å². The summed E-state index contributed by atoms with van der Waals surface area (Å²) >= 11 is 0. The van der Waals surface area contributed by atoms with Crippen molar-refractivity contribution in [1.82, 2.24) is 5.23 Å². The van der Waals surface area contributed by atoms with Crippen molar-refractivity contribution in [3.05, 3.63) is 12.7 Å². The SMILES string of the molecule is C=CCOCC(NB(C)O)C(=O)O. The van der Waals surface area contributed by atoms with Gasteiger partial charge in [-0.3, -0.25) is 4.79 Å². The van der Waals surface area contributed by atoms with Gasteiger partial charge in [-0.25, -0.2) is 0 Å². The van der Waals surface area contributed by atoms with Crippen molar-refractivity contribution in [1.29, 1.82) is 0 Å². The van der Waals surface area contributed by atoms with Gasteiger partial charge in [0.25, 0.3) is 0 Å². The summed E-state index contributed by atoms with van der Waals surface area (Å²) in [6.07, 6.45) is 1.53. The highest BCUT2D eigenvalue weighted by Crippen LogP contribution is 1.88. The molecule has 0 radical (unpaired) electrons. The molecular weight excluding hydrogens is 173 g/mol. The lowest BCUT2D eigenvalue weighted by Gasteiger charge is -2.14. The summed E-state index contributed by atoms with van der Waals surface area (Å²) in [7, 11) is -0.867. The van der Waals surface area contributed by atoms with Crippen molar-refractivity contribution < 1.29 is 19.7 Å². The molecule has 3 N–H and O–H groups in total. The zero-order chi connectivity index (χ0) is 10.3. The van der Waals surface area contributed by atoms with Crippen LogP contribution in [0.2, 0.25) is 6.82 Å². The van der Waals surface area contributed by atoms with Gasteiger partial charge in [0.1, 0.15) is 6.04 Å². The fourth-order valence-corrected chi connectivity index (χ4v) is 0.751. The summed E-state index contributed by atoms with van der Waals surface area (Å²) in [4.78, 5) is 10.5. The molecule has 0 saturated carbocycles. The van der Waals surface area contributed by atoms with Crippen LogP contribution in [-0.4, -0.2) is 42.4 Å². The van der Waals surface area contributed by atoms with Crippen LogP contribution in [0.1, 0.15) is 0 Å². The quantitative estimate of drug-likeness (QED) is 0.280. The van der Waals surface area contributed by atoms with Crippen molar-refractivity contribution in [2.24, 2.45) is 0 Å². The maximum Gasteiger partial charge on any atom is 0.374 e. The van der Waals surface area contributed by atoms with Crippen LogP contribution < -0.4 is 5.23 Å². The highest BCUT2D eigenvalue weighted by molar-refractivity contribution is 6.46. The Morgan fingerprint density at radius 1 is 1.85 bits per heavy atom. The zero-order valence-corrected chi connectivity index (χ0v) is 7.56. The first kappa shape index (κ1) is 12.2. The van der Waals surface area contributed by atoms with Gasteiger partial charge in [0.2, 0.25) is 0 Å². The molecule has 1 unspecified atom stereocenters. The molecule has 0 aromatic heterocycles. The van der Waals surface area contributed by atoms with E-state index in [1.165, 1.54) is 12.9 Å². The Morgan fingerprint density at radius 2 is 2.46 bits per heavy atom. The summed E-state index contributed by atoms with van der Waals surface area (Å²) in [6.45, 7) is 5.17. The Hall–Kier alpha value is -0.845. The van der Waals surface area contributed by atoms with E-state index in [1.54, 1.807) is 0 Å². The highest BCUT2D eigenvalue weighted by Gasteiger charge is 2.20. The zero-order valence-electron chi connectivity index (χ0n) is 7.56. The molecular formula is C7H14BNO4. The van der Waals surface area contributed by atoms with E-state index < -0.39 is 19.1 Å². The normalized spacial score (nSPS) is 12.2. The van der Waals surface area contributed by atoms with E-state index in [0.717, 1.165) is 0 Å². The first-order valence-corrected chi connectivity index (χ1v) is 3.93. The first-order valence-electron chi connectivity index (χ1n) is 3.93. The number of carbonyl (C=O) groups is 1. The second kappa shape index (κ2) is 6.65. The van der Waals surface area contributed by atoms with Crippen LogP contribution in [0, 0.1) is 0 Å². The van der Waals surface area contributed by atoms with Gasteiger partial charge in [-0.2, -0.15) is 0 Å². The van der Waals surface area contributed by atoms with Gasteiger partial charge < -0.3 is 20.1 Å². The maximum atomic E-state index is 10.5. The minimum atomic E-state index is -1.05. The third-order valence-corrected chi connectivity index (χ3v) is 1.26. The number of carboxylic acids is 1. The van der Waals surface area contributed by atoms with E-state index in [9.17, 15) is 4.79 Å². The molecule has 1 atom stereocenters. The molecule has 13 heavy (non-hydrogen) atoms. The van der Waals surface area contributed by atoms with Crippen LogP contribution in [0.4, 0.5) is 0 Å². The summed E-state index contributed by atoms with van der Waals surface area (Å²) in [6, 6.07) is -0.889. The predicted octanol–water partition coefficient (Wildman–Crippen LogP) is -0.658. The average Bonchev–Trinajstić information content (AvgIpc) is 2.02. The lowest BCUT2D eigenvalue weighted by atomic mass is 9.87. The minimum Gasteiger partial charge on any atom is -0.480 e. The smallest absolute Gasteiger partial charge is 0.374 e. The molecule has 0 aliphatic carbocycles. The predicted molar refractivity (Wildman–Crippen MR) is 49.4 cm³/mol. The molecule has 0 rings (SSSR count). The average molecular weight is 187 g/mol. The molecule has 0 aliphatic heterocycles. The van der Waals surface area contributed by atoms with Gasteiger partial charge in [0.15, 0.2) is 0 Å². The summed E-state index contributed by atoms with van der Waals surface area (Å²) in [5.74, 6) is -1.05. The Bertz CT molecular complexity index is 174. The van der Waals surface area contributed by atoms with E-state index in [-0.39, 0.29) is 6.61 Å². The third-order valence-electron chi connectivity index (χ3n) is 1.26. The second-order valence-corrected chi connectivity index (χ2v) is 2.56. The standard InChI is InChI=1S/C7H14BNO4/c1-3-4-13-5-6(7(10)11)9-8(2)12/h3,6,9,12H,1,4-5H2,2H3,(H,10,11).